The van der Waals surface area contributed by atoms with Gasteiger partial charge >= 0.3 is 0 Å². The number of anilines is 1. The Hall–Kier alpha value is -1.72. The Morgan fingerprint density at radius 1 is 1.10 bits per heavy atom. The zero-order valence-corrected chi connectivity index (χ0v) is 13.0. The number of nitrogens with zero attached hydrogens (tertiary/aromatic N) is 3. The van der Waals surface area contributed by atoms with Crippen LogP contribution in [0, 0.1) is 5.92 Å². The smallest absolute Gasteiger partial charge is 0.243 e. The largest absolute Gasteiger partial charge is 0.354 e. The molecule has 0 saturated heterocycles. The number of rotatable bonds is 7. The molecule has 0 spiro atoms. The van der Waals surface area contributed by atoms with Crippen LogP contribution in [0.1, 0.15) is 46.0 Å². The van der Waals surface area contributed by atoms with E-state index in [4.69, 9.17) is 0 Å². The Morgan fingerprint density at radius 3 is 2.30 bits per heavy atom. The Kier molecular flexibility index (Phi) is 6.35. The number of hydrogen-bond acceptors (Lipinski definition) is 5. The van der Waals surface area contributed by atoms with Crippen molar-refractivity contribution in [3.63, 3.8) is 0 Å². The van der Waals surface area contributed by atoms with E-state index in [1.165, 1.54) is 0 Å². The van der Waals surface area contributed by atoms with Crippen molar-refractivity contribution in [2.45, 2.75) is 53.5 Å². The number of aromatic nitrogens is 3. The van der Waals surface area contributed by atoms with Crippen LogP contribution in [-0.2, 0) is 17.6 Å². The molecule has 0 aromatic carbocycles. The topological polar surface area (TPSA) is 79.8 Å². The highest BCUT2D eigenvalue weighted by Crippen LogP contribution is 2.07. The molecular weight excluding hydrogens is 254 g/mol. The van der Waals surface area contributed by atoms with E-state index in [1.807, 2.05) is 13.8 Å². The second kappa shape index (κ2) is 7.77. The molecule has 1 aromatic heterocycles. The summed E-state index contributed by atoms with van der Waals surface area (Å²) in [5, 5.41) is 14.0. The molecule has 112 valence electrons. The molecular formula is C14H25N5O. The summed E-state index contributed by atoms with van der Waals surface area (Å²) in [5.74, 6) is 0.783. The molecule has 1 rings (SSSR count). The van der Waals surface area contributed by atoms with E-state index in [-0.39, 0.29) is 11.9 Å². The number of nitrogens with one attached hydrogen (secondary N) is 2. The first-order chi connectivity index (χ1) is 9.47. The summed E-state index contributed by atoms with van der Waals surface area (Å²) in [6.07, 6.45) is 1.62. The van der Waals surface area contributed by atoms with Gasteiger partial charge in [0.25, 0.3) is 0 Å². The van der Waals surface area contributed by atoms with Crippen molar-refractivity contribution in [3.05, 3.63) is 11.4 Å². The molecule has 6 nitrogen and oxygen atoms in total. The minimum absolute atomic E-state index is 0.0556. The number of carbonyl (C=O) groups is 1. The van der Waals surface area contributed by atoms with Gasteiger partial charge in [-0.25, -0.2) is 4.98 Å². The van der Waals surface area contributed by atoms with Gasteiger partial charge in [-0.3, -0.25) is 4.79 Å². The van der Waals surface area contributed by atoms with Crippen LogP contribution in [0.15, 0.2) is 0 Å². The molecule has 0 aliphatic carbocycles. The predicted molar refractivity (Wildman–Crippen MR) is 79.5 cm³/mol. The Bertz CT molecular complexity index is 447. The minimum Gasteiger partial charge on any atom is -0.354 e. The lowest BCUT2D eigenvalue weighted by atomic mass is 10.2. The van der Waals surface area contributed by atoms with Crippen LogP contribution in [0.3, 0.4) is 0 Å². The highest BCUT2D eigenvalue weighted by Gasteiger charge is 2.15. The molecule has 1 heterocycles. The van der Waals surface area contributed by atoms with E-state index in [0.29, 0.717) is 18.4 Å². The maximum absolute atomic E-state index is 11.9. The van der Waals surface area contributed by atoms with E-state index in [2.05, 4.69) is 39.7 Å². The summed E-state index contributed by atoms with van der Waals surface area (Å²) >= 11 is 0. The normalized spacial score (nSPS) is 12.3. The molecule has 0 bridgehead atoms. The molecule has 1 amide bonds. The fourth-order valence-electron chi connectivity index (χ4n) is 1.72. The summed E-state index contributed by atoms with van der Waals surface area (Å²) in [7, 11) is 0. The molecule has 1 aromatic rings. The Balaban J connectivity index is 2.65. The van der Waals surface area contributed by atoms with Crippen molar-refractivity contribution in [1.29, 1.82) is 0 Å². The lowest BCUT2D eigenvalue weighted by Gasteiger charge is -2.15. The van der Waals surface area contributed by atoms with Gasteiger partial charge in [-0.05, 0) is 25.7 Å². The number of amides is 1. The fraction of sp³-hybridized carbons (Fsp3) is 0.714. The molecule has 6 heteroatoms. The summed E-state index contributed by atoms with van der Waals surface area (Å²) in [5.41, 5.74) is 1.84. The van der Waals surface area contributed by atoms with Crippen LogP contribution in [0.4, 0.5) is 5.95 Å². The van der Waals surface area contributed by atoms with Gasteiger partial charge in [-0.15, -0.1) is 5.10 Å². The molecule has 0 saturated carbocycles. The van der Waals surface area contributed by atoms with Gasteiger partial charge in [-0.2, -0.15) is 5.10 Å². The van der Waals surface area contributed by atoms with Crippen molar-refractivity contribution in [3.8, 4) is 0 Å². The van der Waals surface area contributed by atoms with Gasteiger partial charge in [0, 0.05) is 6.54 Å². The van der Waals surface area contributed by atoms with Gasteiger partial charge in [0.05, 0.1) is 11.4 Å². The van der Waals surface area contributed by atoms with Crippen molar-refractivity contribution in [2.75, 3.05) is 11.9 Å². The lowest BCUT2D eigenvalue weighted by molar-refractivity contribution is -0.121. The van der Waals surface area contributed by atoms with Gasteiger partial charge in [0.15, 0.2) is 0 Å². The second-order valence-electron chi connectivity index (χ2n) is 5.24. The molecule has 0 radical (unpaired) electrons. The number of aryl methyl sites for hydroxylation is 2. The zero-order valence-electron chi connectivity index (χ0n) is 13.0. The van der Waals surface area contributed by atoms with Crippen molar-refractivity contribution >= 4 is 11.9 Å². The average Bonchev–Trinajstić information content (AvgIpc) is 2.44. The number of hydrogen-bond donors (Lipinski definition) is 2. The fourth-order valence-corrected chi connectivity index (χ4v) is 1.72. The van der Waals surface area contributed by atoms with E-state index >= 15 is 0 Å². The molecule has 1 unspecified atom stereocenters. The summed E-state index contributed by atoms with van der Waals surface area (Å²) in [4.78, 5) is 16.3. The minimum atomic E-state index is -0.382. The zero-order chi connectivity index (χ0) is 15.1. The number of carbonyl (C=O) groups excluding carboxylic acids is 1. The van der Waals surface area contributed by atoms with E-state index < -0.39 is 0 Å². The van der Waals surface area contributed by atoms with Gasteiger partial charge in [0.1, 0.15) is 6.04 Å². The first kappa shape index (κ1) is 16.3. The highest BCUT2D eigenvalue weighted by molar-refractivity contribution is 5.83. The van der Waals surface area contributed by atoms with Crippen molar-refractivity contribution in [2.24, 2.45) is 5.92 Å². The van der Waals surface area contributed by atoms with Crippen LogP contribution >= 0.6 is 0 Å². The average molecular weight is 279 g/mol. The molecule has 0 aliphatic heterocycles. The van der Waals surface area contributed by atoms with Crippen LogP contribution < -0.4 is 10.6 Å². The van der Waals surface area contributed by atoms with Crippen LogP contribution in [0.25, 0.3) is 0 Å². The van der Waals surface area contributed by atoms with Crippen LogP contribution in [0.5, 0.6) is 0 Å². The van der Waals surface area contributed by atoms with Crippen molar-refractivity contribution in [1.82, 2.24) is 20.5 Å². The third-order valence-electron chi connectivity index (χ3n) is 2.93. The first-order valence-corrected chi connectivity index (χ1v) is 7.24. The summed E-state index contributed by atoms with van der Waals surface area (Å²) in [6, 6.07) is -0.382. The SMILES string of the molecule is CCc1nnc(NC(C)C(=O)NCC(C)C)nc1CC. The molecule has 0 aliphatic rings. The standard InChI is InChI=1S/C14H25N5O/c1-6-11-12(7-2)18-19-14(17-11)16-10(5)13(20)15-8-9(3)4/h9-10H,6-8H2,1-5H3,(H,15,20)(H,16,17,19). The first-order valence-electron chi connectivity index (χ1n) is 7.24. The monoisotopic (exact) mass is 279 g/mol. The maximum Gasteiger partial charge on any atom is 0.243 e. The third-order valence-corrected chi connectivity index (χ3v) is 2.93. The Labute approximate surface area is 120 Å². The lowest BCUT2D eigenvalue weighted by Crippen LogP contribution is -2.39. The van der Waals surface area contributed by atoms with Crippen molar-refractivity contribution < 1.29 is 4.79 Å². The highest BCUT2D eigenvalue weighted by atomic mass is 16.2. The third kappa shape index (κ3) is 4.75. The van der Waals surface area contributed by atoms with Gasteiger partial charge < -0.3 is 10.6 Å². The summed E-state index contributed by atoms with van der Waals surface area (Å²) < 4.78 is 0. The van der Waals surface area contributed by atoms with Crippen LogP contribution in [0.2, 0.25) is 0 Å². The quantitative estimate of drug-likeness (QED) is 0.792. The van der Waals surface area contributed by atoms with E-state index in [9.17, 15) is 4.79 Å². The second-order valence-corrected chi connectivity index (χ2v) is 5.24. The van der Waals surface area contributed by atoms with E-state index in [0.717, 1.165) is 24.2 Å². The molecule has 0 fully saturated rings. The van der Waals surface area contributed by atoms with E-state index in [1.54, 1.807) is 6.92 Å². The molecule has 20 heavy (non-hydrogen) atoms. The maximum atomic E-state index is 11.9. The molecule has 2 N–H and O–H groups in total. The predicted octanol–water partition coefficient (Wildman–Crippen LogP) is 1.57. The van der Waals surface area contributed by atoms with Crippen LogP contribution in [-0.4, -0.2) is 33.7 Å². The molecule has 1 atom stereocenters. The van der Waals surface area contributed by atoms with Gasteiger partial charge in [-0.1, -0.05) is 27.7 Å². The summed E-state index contributed by atoms with van der Waals surface area (Å²) in [6.45, 7) is 10.6. The van der Waals surface area contributed by atoms with Gasteiger partial charge in [0.2, 0.25) is 11.9 Å². The Morgan fingerprint density at radius 2 is 1.75 bits per heavy atom.